The van der Waals surface area contributed by atoms with Crippen molar-refractivity contribution in [3.05, 3.63) is 42.0 Å². The number of carbonyl (C=O) groups is 2. The van der Waals surface area contributed by atoms with Crippen molar-refractivity contribution in [3.8, 4) is 0 Å². The number of ether oxygens (including phenoxy) is 1. The van der Waals surface area contributed by atoms with Crippen LogP contribution < -0.4 is 11.1 Å². The van der Waals surface area contributed by atoms with Crippen LogP contribution in [0.3, 0.4) is 0 Å². The maximum atomic E-state index is 11.7. The number of amides is 1. The van der Waals surface area contributed by atoms with E-state index in [1.54, 1.807) is 31.2 Å². The maximum absolute atomic E-state index is 11.7. The van der Waals surface area contributed by atoms with E-state index in [0.717, 1.165) is 0 Å². The van der Waals surface area contributed by atoms with Gasteiger partial charge in [0, 0.05) is 23.4 Å². The molecule has 0 unspecified atom stereocenters. The molecule has 0 aromatic heterocycles. The summed E-state index contributed by atoms with van der Waals surface area (Å²) in [7, 11) is 0. The van der Waals surface area contributed by atoms with Crippen LogP contribution in [-0.4, -0.2) is 25.0 Å². The minimum atomic E-state index is -0.412. The molecule has 1 amide bonds. The molecule has 1 aromatic rings. The number of carbonyl (C=O) groups excluding carboxylic acids is 2. The van der Waals surface area contributed by atoms with E-state index in [2.05, 4.69) is 11.9 Å². The van der Waals surface area contributed by atoms with Gasteiger partial charge >= 0.3 is 5.97 Å². The first-order valence-electron chi connectivity index (χ1n) is 5.97. The van der Waals surface area contributed by atoms with Crippen LogP contribution in [0.1, 0.15) is 23.7 Å². The van der Waals surface area contributed by atoms with Gasteiger partial charge in [0.15, 0.2) is 0 Å². The second-order valence-electron chi connectivity index (χ2n) is 4.15. The Bertz CT molecular complexity index is 466. The van der Waals surface area contributed by atoms with E-state index in [9.17, 15) is 9.59 Å². The lowest BCUT2D eigenvalue weighted by Crippen LogP contribution is -2.25. The molecule has 0 aliphatic heterocycles. The number of anilines is 1. The smallest absolute Gasteiger partial charge is 0.333 e. The predicted molar refractivity (Wildman–Crippen MR) is 73.6 cm³/mol. The van der Waals surface area contributed by atoms with Gasteiger partial charge in [0.1, 0.15) is 0 Å². The molecular weight excluding hydrogens is 244 g/mol. The van der Waals surface area contributed by atoms with Crippen LogP contribution in [0, 0.1) is 0 Å². The van der Waals surface area contributed by atoms with Crippen LogP contribution in [0.4, 0.5) is 5.69 Å². The van der Waals surface area contributed by atoms with Gasteiger partial charge in [0.2, 0.25) is 0 Å². The highest BCUT2D eigenvalue weighted by Crippen LogP contribution is 2.05. The molecule has 1 rings (SSSR count). The molecule has 0 atom stereocenters. The monoisotopic (exact) mass is 262 g/mol. The summed E-state index contributed by atoms with van der Waals surface area (Å²) in [4.78, 5) is 22.8. The third-order valence-corrected chi connectivity index (χ3v) is 2.36. The van der Waals surface area contributed by atoms with Crippen molar-refractivity contribution in [2.75, 3.05) is 18.9 Å². The standard InChI is InChI=1S/C14H18N2O3/c1-10(2)14(18)19-9-3-8-16-13(17)11-4-6-12(15)7-5-11/h4-7H,1,3,8-9,15H2,2H3,(H,16,17). The van der Waals surface area contributed by atoms with Gasteiger partial charge in [-0.2, -0.15) is 0 Å². The molecule has 0 saturated heterocycles. The zero-order valence-corrected chi connectivity index (χ0v) is 10.9. The zero-order chi connectivity index (χ0) is 14.3. The molecule has 19 heavy (non-hydrogen) atoms. The summed E-state index contributed by atoms with van der Waals surface area (Å²) in [6.45, 7) is 5.76. The molecule has 1 aromatic carbocycles. The van der Waals surface area contributed by atoms with Crippen molar-refractivity contribution < 1.29 is 14.3 Å². The fourth-order valence-electron chi connectivity index (χ4n) is 1.30. The van der Waals surface area contributed by atoms with Crippen LogP contribution >= 0.6 is 0 Å². The van der Waals surface area contributed by atoms with Gasteiger partial charge in [-0.25, -0.2) is 4.79 Å². The van der Waals surface area contributed by atoms with Crippen LogP contribution in [0.5, 0.6) is 0 Å². The summed E-state index contributed by atoms with van der Waals surface area (Å²) in [5.41, 5.74) is 7.06. The van der Waals surface area contributed by atoms with E-state index in [1.165, 1.54) is 0 Å². The highest BCUT2D eigenvalue weighted by atomic mass is 16.5. The van der Waals surface area contributed by atoms with Crippen molar-refractivity contribution in [2.45, 2.75) is 13.3 Å². The normalized spacial score (nSPS) is 9.74. The topological polar surface area (TPSA) is 81.4 Å². The highest BCUT2D eigenvalue weighted by molar-refractivity contribution is 5.94. The van der Waals surface area contributed by atoms with Gasteiger partial charge in [0.25, 0.3) is 5.91 Å². The summed E-state index contributed by atoms with van der Waals surface area (Å²) < 4.78 is 4.90. The van der Waals surface area contributed by atoms with Crippen molar-refractivity contribution in [2.24, 2.45) is 0 Å². The summed E-state index contributed by atoms with van der Waals surface area (Å²) in [6.07, 6.45) is 0.555. The summed E-state index contributed by atoms with van der Waals surface area (Å²) in [5, 5.41) is 2.73. The first kappa shape index (κ1) is 14.8. The summed E-state index contributed by atoms with van der Waals surface area (Å²) in [5.74, 6) is -0.587. The fourth-order valence-corrected chi connectivity index (χ4v) is 1.30. The molecule has 102 valence electrons. The Hall–Kier alpha value is -2.30. The summed E-state index contributed by atoms with van der Waals surface area (Å²) in [6, 6.07) is 6.66. The van der Waals surface area contributed by atoms with Gasteiger partial charge in [0.05, 0.1) is 6.61 Å². The molecule has 0 bridgehead atoms. The second-order valence-corrected chi connectivity index (χ2v) is 4.15. The Morgan fingerprint density at radius 3 is 2.53 bits per heavy atom. The molecule has 0 saturated carbocycles. The number of benzene rings is 1. The Kier molecular flexibility index (Phi) is 5.60. The van der Waals surface area contributed by atoms with E-state index >= 15 is 0 Å². The fraction of sp³-hybridized carbons (Fsp3) is 0.286. The van der Waals surface area contributed by atoms with E-state index in [1.807, 2.05) is 0 Å². The average molecular weight is 262 g/mol. The Balaban J connectivity index is 2.23. The molecular formula is C14H18N2O3. The maximum Gasteiger partial charge on any atom is 0.333 e. The van der Waals surface area contributed by atoms with E-state index < -0.39 is 5.97 Å². The molecule has 0 aliphatic rings. The SMILES string of the molecule is C=C(C)C(=O)OCCCNC(=O)c1ccc(N)cc1. The van der Waals surface area contributed by atoms with E-state index in [0.29, 0.717) is 29.8 Å². The first-order valence-corrected chi connectivity index (χ1v) is 5.97. The van der Waals surface area contributed by atoms with Crippen LogP contribution in [-0.2, 0) is 9.53 Å². The molecule has 0 heterocycles. The minimum absolute atomic E-state index is 0.175. The Labute approximate surface area is 112 Å². The number of rotatable bonds is 6. The number of hydrogen-bond donors (Lipinski definition) is 2. The zero-order valence-electron chi connectivity index (χ0n) is 10.9. The van der Waals surface area contributed by atoms with Gasteiger partial charge < -0.3 is 15.8 Å². The van der Waals surface area contributed by atoms with E-state index in [4.69, 9.17) is 10.5 Å². The number of nitrogens with two attached hydrogens (primary N) is 1. The number of hydrogen-bond acceptors (Lipinski definition) is 4. The second kappa shape index (κ2) is 7.20. The molecule has 0 spiro atoms. The van der Waals surface area contributed by atoms with Crippen molar-refractivity contribution >= 4 is 17.6 Å². The lowest BCUT2D eigenvalue weighted by molar-refractivity contribution is -0.138. The van der Waals surface area contributed by atoms with Crippen LogP contribution in [0.2, 0.25) is 0 Å². The molecule has 3 N–H and O–H groups in total. The average Bonchev–Trinajstić information content (AvgIpc) is 2.38. The minimum Gasteiger partial charge on any atom is -0.462 e. The molecule has 0 aliphatic carbocycles. The molecule has 5 nitrogen and oxygen atoms in total. The predicted octanol–water partition coefficient (Wildman–Crippen LogP) is 1.51. The quantitative estimate of drug-likeness (QED) is 0.352. The third kappa shape index (κ3) is 5.25. The van der Waals surface area contributed by atoms with Crippen molar-refractivity contribution in [3.63, 3.8) is 0 Å². The van der Waals surface area contributed by atoms with Crippen molar-refractivity contribution in [1.82, 2.24) is 5.32 Å². The van der Waals surface area contributed by atoms with E-state index in [-0.39, 0.29) is 12.5 Å². The van der Waals surface area contributed by atoms with Gasteiger partial charge in [-0.3, -0.25) is 4.79 Å². The first-order chi connectivity index (χ1) is 9.00. The van der Waals surface area contributed by atoms with Crippen LogP contribution in [0.15, 0.2) is 36.4 Å². The summed E-state index contributed by atoms with van der Waals surface area (Å²) >= 11 is 0. The van der Waals surface area contributed by atoms with Gasteiger partial charge in [-0.05, 0) is 37.6 Å². The number of nitrogens with one attached hydrogen (secondary N) is 1. The lowest BCUT2D eigenvalue weighted by Gasteiger charge is -2.06. The van der Waals surface area contributed by atoms with Gasteiger partial charge in [-0.1, -0.05) is 6.58 Å². The third-order valence-electron chi connectivity index (χ3n) is 2.36. The largest absolute Gasteiger partial charge is 0.462 e. The van der Waals surface area contributed by atoms with Crippen LogP contribution in [0.25, 0.3) is 0 Å². The Morgan fingerprint density at radius 2 is 1.95 bits per heavy atom. The number of esters is 1. The highest BCUT2D eigenvalue weighted by Gasteiger charge is 2.05. The number of nitrogen functional groups attached to an aromatic ring is 1. The molecule has 5 heteroatoms. The Morgan fingerprint density at radius 1 is 1.32 bits per heavy atom. The molecule has 0 radical (unpaired) electrons. The lowest BCUT2D eigenvalue weighted by atomic mass is 10.2. The molecule has 0 fully saturated rings. The van der Waals surface area contributed by atoms with Crippen molar-refractivity contribution in [1.29, 1.82) is 0 Å². The van der Waals surface area contributed by atoms with Gasteiger partial charge in [-0.15, -0.1) is 0 Å².